The Hall–Kier alpha value is -2.09. The van der Waals surface area contributed by atoms with Gasteiger partial charge in [-0.15, -0.1) is 0 Å². The van der Waals surface area contributed by atoms with Gasteiger partial charge < -0.3 is 9.88 Å². The quantitative estimate of drug-likeness (QED) is 0.734. The van der Waals surface area contributed by atoms with Gasteiger partial charge in [0.25, 0.3) is 5.56 Å². The molecule has 1 N–H and O–H groups in total. The number of aromatic nitrogens is 1. The zero-order chi connectivity index (χ0) is 12.0. The van der Waals surface area contributed by atoms with E-state index in [4.69, 9.17) is 5.26 Å². The first-order valence-electron chi connectivity index (χ1n) is 4.94. The largest absolute Gasteiger partial charge is 0.354 e. The van der Waals surface area contributed by atoms with Crippen LogP contribution in [0.3, 0.4) is 0 Å². The average Bonchev–Trinajstić information content (AvgIpc) is 2.23. The molecular formula is C11H13N3O2. The maximum atomic E-state index is 11.4. The van der Waals surface area contributed by atoms with Gasteiger partial charge in [-0.2, -0.15) is 5.26 Å². The van der Waals surface area contributed by atoms with E-state index in [1.165, 1.54) is 10.6 Å². The second-order valence-corrected chi connectivity index (χ2v) is 3.43. The highest BCUT2D eigenvalue weighted by Crippen LogP contribution is 1.90. The predicted molar refractivity (Wildman–Crippen MR) is 58.7 cm³/mol. The maximum Gasteiger partial charge on any atom is 0.251 e. The van der Waals surface area contributed by atoms with Crippen molar-refractivity contribution in [2.24, 2.45) is 0 Å². The highest BCUT2D eigenvalue weighted by atomic mass is 16.2. The van der Waals surface area contributed by atoms with E-state index in [1.54, 1.807) is 12.3 Å². The fraction of sp³-hybridized carbons (Fsp3) is 0.364. The molecule has 0 aliphatic heterocycles. The van der Waals surface area contributed by atoms with Crippen LogP contribution in [-0.2, 0) is 11.3 Å². The highest BCUT2D eigenvalue weighted by Gasteiger charge is 2.03. The normalized spacial score (nSPS) is 9.50. The number of carbonyl (C=O) groups is 1. The summed E-state index contributed by atoms with van der Waals surface area (Å²) in [6.07, 6.45) is 1.86. The molecule has 1 heterocycles. The van der Waals surface area contributed by atoms with Crippen LogP contribution in [0.4, 0.5) is 0 Å². The third kappa shape index (κ3) is 3.58. The van der Waals surface area contributed by atoms with Crippen LogP contribution < -0.4 is 10.9 Å². The van der Waals surface area contributed by atoms with Gasteiger partial charge in [-0.1, -0.05) is 0 Å². The summed E-state index contributed by atoms with van der Waals surface area (Å²) in [7, 11) is 0. The van der Waals surface area contributed by atoms with Crippen molar-refractivity contribution in [2.45, 2.75) is 19.9 Å². The number of pyridine rings is 1. The van der Waals surface area contributed by atoms with Crippen LogP contribution in [0.25, 0.3) is 0 Å². The van der Waals surface area contributed by atoms with Crippen molar-refractivity contribution in [2.75, 3.05) is 6.54 Å². The Labute approximate surface area is 93.3 Å². The third-order valence-corrected chi connectivity index (χ3v) is 2.02. The summed E-state index contributed by atoms with van der Waals surface area (Å²) < 4.78 is 1.33. The molecule has 1 aromatic heterocycles. The van der Waals surface area contributed by atoms with Crippen LogP contribution >= 0.6 is 0 Å². The summed E-state index contributed by atoms with van der Waals surface area (Å²) in [5.41, 5.74) is 0.668. The second-order valence-electron chi connectivity index (χ2n) is 3.43. The summed E-state index contributed by atoms with van der Waals surface area (Å²) in [6, 6.07) is 5.17. The molecule has 84 valence electrons. The summed E-state index contributed by atoms with van der Waals surface area (Å²) in [6.45, 7) is 2.12. The van der Waals surface area contributed by atoms with Crippen LogP contribution in [0.2, 0.25) is 0 Å². The molecule has 0 radical (unpaired) electrons. The minimum atomic E-state index is -0.263. The standard InChI is InChI=1S/C11H13N3O2/c1-9-3-6-14(11(16)7-9)8-10(15)13-5-2-4-12/h3,6-7H,2,5,8H2,1H3,(H,13,15). The molecule has 5 nitrogen and oxygen atoms in total. The Morgan fingerprint density at radius 1 is 1.62 bits per heavy atom. The number of carbonyl (C=O) groups excluding carboxylic acids is 1. The van der Waals surface area contributed by atoms with Gasteiger partial charge in [0.2, 0.25) is 5.91 Å². The molecule has 0 bridgehead atoms. The van der Waals surface area contributed by atoms with Gasteiger partial charge in [0, 0.05) is 18.8 Å². The van der Waals surface area contributed by atoms with Crippen molar-refractivity contribution >= 4 is 5.91 Å². The number of amides is 1. The van der Waals surface area contributed by atoms with E-state index < -0.39 is 0 Å². The molecule has 0 saturated heterocycles. The van der Waals surface area contributed by atoms with Crippen LogP contribution in [0.15, 0.2) is 23.1 Å². The van der Waals surface area contributed by atoms with E-state index in [9.17, 15) is 9.59 Å². The topological polar surface area (TPSA) is 74.9 Å². The Bertz CT molecular complexity index is 471. The van der Waals surface area contributed by atoms with Gasteiger partial charge in [-0.05, 0) is 18.6 Å². The lowest BCUT2D eigenvalue weighted by molar-refractivity contribution is -0.121. The van der Waals surface area contributed by atoms with Crippen LogP contribution in [0, 0.1) is 18.3 Å². The van der Waals surface area contributed by atoms with Crippen molar-refractivity contribution in [1.82, 2.24) is 9.88 Å². The molecule has 1 amide bonds. The Balaban J connectivity index is 2.57. The second kappa shape index (κ2) is 5.71. The van der Waals surface area contributed by atoms with E-state index in [2.05, 4.69) is 5.32 Å². The lowest BCUT2D eigenvalue weighted by atomic mass is 10.3. The zero-order valence-corrected chi connectivity index (χ0v) is 9.06. The first kappa shape index (κ1) is 12.0. The number of aryl methyl sites for hydroxylation is 1. The van der Waals surface area contributed by atoms with Crippen molar-refractivity contribution < 1.29 is 4.79 Å². The Morgan fingerprint density at radius 3 is 3.00 bits per heavy atom. The number of hydrogen-bond acceptors (Lipinski definition) is 3. The number of hydrogen-bond donors (Lipinski definition) is 1. The van der Waals surface area contributed by atoms with Gasteiger partial charge in [-0.3, -0.25) is 9.59 Å². The Kier molecular flexibility index (Phi) is 4.28. The summed E-state index contributed by atoms with van der Waals surface area (Å²) >= 11 is 0. The Morgan fingerprint density at radius 2 is 2.38 bits per heavy atom. The zero-order valence-electron chi connectivity index (χ0n) is 9.06. The van der Waals surface area contributed by atoms with Gasteiger partial charge in [0.15, 0.2) is 0 Å². The molecule has 0 saturated carbocycles. The van der Waals surface area contributed by atoms with Gasteiger partial charge in [-0.25, -0.2) is 0 Å². The average molecular weight is 219 g/mol. The molecular weight excluding hydrogens is 206 g/mol. The molecule has 16 heavy (non-hydrogen) atoms. The SMILES string of the molecule is Cc1ccn(CC(=O)NCCC#N)c(=O)c1. The molecule has 0 fully saturated rings. The maximum absolute atomic E-state index is 11.4. The summed E-state index contributed by atoms with van der Waals surface area (Å²) in [4.78, 5) is 22.8. The minimum absolute atomic E-state index is 0.00938. The van der Waals surface area contributed by atoms with E-state index in [-0.39, 0.29) is 24.4 Å². The monoisotopic (exact) mass is 219 g/mol. The number of nitrogens with zero attached hydrogens (tertiary/aromatic N) is 2. The van der Waals surface area contributed by atoms with Crippen molar-refractivity contribution in [3.8, 4) is 6.07 Å². The van der Waals surface area contributed by atoms with Crippen molar-refractivity contribution in [3.05, 3.63) is 34.2 Å². The molecule has 0 aliphatic rings. The fourth-order valence-corrected chi connectivity index (χ4v) is 1.21. The summed E-state index contributed by atoms with van der Waals surface area (Å²) in [5, 5.41) is 10.8. The third-order valence-electron chi connectivity index (χ3n) is 2.02. The first-order chi connectivity index (χ1) is 7.63. The highest BCUT2D eigenvalue weighted by molar-refractivity contribution is 5.75. The smallest absolute Gasteiger partial charge is 0.251 e. The lowest BCUT2D eigenvalue weighted by Gasteiger charge is -2.05. The van der Waals surface area contributed by atoms with E-state index in [0.717, 1.165) is 5.56 Å². The van der Waals surface area contributed by atoms with Crippen molar-refractivity contribution in [1.29, 1.82) is 5.26 Å². The van der Waals surface area contributed by atoms with E-state index in [1.807, 2.05) is 13.0 Å². The molecule has 1 aromatic rings. The molecule has 0 unspecified atom stereocenters. The first-order valence-corrected chi connectivity index (χ1v) is 4.94. The van der Waals surface area contributed by atoms with Crippen LogP contribution in [0.1, 0.15) is 12.0 Å². The lowest BCUT2D eigenvalue weighted by Crippen LogP contribution is -2.32. The molecule has 0 aromatic carbocycles. The predicted octanol–water partition coefficient (Wildman–Crippen LogP) is 0.187. The molecule has 0 atom stereocenters. The molecule has 0 aliphatic carbocycles. The van der Waals surface area contributed by atoms with Crippen LogP contribution in [0.5, 0.6) is 0 Å². The molecule has 0 spiro atoms. The van der Waals surface area contributed by atoms with Crippen molar-refractivity contribution in [3.63, 3.8) is 0 Å². The number of nitriles is 1. The number of rotatable bonds is 4. The molecule has 1 rings (SSSR count). The van der Waals surface area contributed by atoms with Gasteiger partial charge in [0.05, 0.1) is 12.5 Å². The number of nitrogens with one attached hydrogen (secondary N) is 1. The van der Waals surface area contributed by atoms with E-state index >= 15 is 0 Å². The van der Waals surface area contributed by atoms with Gasteiger partial charge in [0.1, 0.15) is 6.54 Å². The fourth-order valence-electron chi connectivity index (χ4n) is 1.21. The minimum Gasteiger partial charge on any atom is -0.354 e. The van der Waals surface area contributed by atoms with E-state index in [0.29, 0.717) is 6.54 Å². The van der Waals surface area contributed by atoms with Gasteiger partial charge >= 0.3 is 0 Å². The molecule has 5 heteroatoms. The van der Waals surface area contributed by atoms with Crippen LogP contribution in [-0.4, -0.2) is 17.0 Å². The summed E-state index contributed by atoms with van der Waals surface area (Å²) in [5.74, 6) is -0.263.